The van der Waals surface area contributed by atoms with Crippen LogP contribution < -0.4 is 5.32 Å². The van der Waals surface area contributed by atoms with Gasteiger partial charge in [-0.25, -0.2) is 9.18 Å². The minimum Gasteiger partial charge on any atom is -0.467 e. The third-order valence-electron chi connectivity index (χ3n) is 4.93. The quantitative estimate of drug-likeness (QED) is 0.704. The normalized spacial score (nSPS) is 16.6. The maximum absolute atomic E-state index is 13.3. The van der Waals surface area contributed by atoms with Gasteiger partial charge >= 0.3 is 5.97 Å². The number of nitrogens with one attached hydrogen (secondary N) is 1. The fraction of sp³-hybridized carbons (Fsp3) is 0.318. The minimum absolute atomic E-state index is 0.0252. The number of furan rings is 1. The zero-order valence-electron chi connectivity index (χ0n) is 16.8. The molecule has 8 heteroatoms. The average molecular weight is 414 g/mol. The fourth-order valence-electron chi connectivity index (χ4n) is 3.46. The van der Waals surface area contributed by atoms with E-state index in [9.17, 15) is 18.8 Å². The molecule has 0 saturated heterocycles. The Labute approximate surface area is 173 Å². The van der Waals surface area contributed by atoms with Crippen molar-refractivity contribution in [1.29, 1.82) is 0 Å². The predicted octanol–water partition coefficient (Wildman–Crippen LogP) is 2.89. The number of hydrogen-bond acceptors (Lipinski definition) is 5. The van der Waals surface area contributed by atoms with Crippen LogP contribution in [0.2, 0.25) is 0 Å². The molecule has 2 aromatic rings. The van der Waals surface area contributed by atoms with Crippen molar-refractivity contribution < 1.29 is 27.9 Å². The van der Waals surface area contributed by atoms with Crippen LogP contribution in [-0.2, 0) is 25.7 Å². The summed E-state index contributed by atoms with van der Waals surface area (Å²) < 4.78 is 23.7. The van der Waals surface area contributed by atoms with Gasteiger partial charge in [0.2, 0.25) is 11.8 Å². The third kappa shape index (κ3) is 4.76. The van der Waals surface area contributed by atoms with Gasteiger partial charge in [-0.1, -0.05) is 12.1 Å². The Hall–Kier alpha value is -3.42. The number of hydrogen-bond donors (Lipinski definition) is 1. The van der Waals surface area contributed by atoms with Gasteiger partial charge in [-0.05, 0) is 43.7 Å². The summed E-state index contributed by atoms with van der Waals surface area (Å²) >= 11 is 0. The molecule has 0 radical (unpaired) electrons. The lowest BCUT2D eigenvalue weighted by atomic mass is 9.83. The van der Waals surface area contributed by atoms with Gasteiger partial charge in [-0.3, -0.25) is 9.59 Å². The fourth-order valence-corrected chi connectivity index (χ4v) is 3.46. The molecule has 2 amide bonds. The molecule has 1 aliphatic rings. The van der Waals surface area contributed by atoms with Gasteiger partial charge in [-0.15, -0.1) is 0 Å². The zero-order valence-corrected chi connectivity index (χ0v) is 16.8. The number of rotatable bonds is 7. The Morgan fingerprint density at radius 2 is 2.00 bits per heavy atom. The molecule has 0 unspecified atom stereocenters. The Balaban J connectivity index is 1.84. The number of carbonyl (C=O) groups excluding carboxylic acids is 3. The van der Waals surface area contributed by atoms with Crippen LogP contribution in [0.3, 0.4) is 0 Å². The van der Waals surface area contributed by atoms with E-state index >= 15 is 0 Å². The van der Waals surface area contributed by atoms with Crippen LogP contribution in [-0.4, -0.2) is 35.8 Å². The molecule has 0 aliphatic carbocycles. The summed E-state index contributed by atoms with van der Waals surface area (Å²) in [6, 6.07) is 9.10. The van der Waals surface area contributed by atoms with E-state index in [1.807, 2.05) is 0 Å². The standard InChI is InChI=1S/C22H23FN2O5/c1-3-29-22(28)21-14(2)25(13-19(26)24-12-17-5-4-10-30-17)20(27)11-18(21)15-6-8-16(23)9-7-15/h4-10,18H,3,11-13H2,1-2H3,(H,24,26)/t18-/m1/s1. The van der Waals surface area contributed by atoms with E-state index in [0.29, 0.717) is 22.6 Å². The largest absolute Gasteiger partial charge is 0.467 e. The maximum atomic E-state index is 13.3. The molecule has 0 fully saturated rings. The van der Waals surface area contributed by atoms with E-state index in [1.54, 1.807) is 38.1 Å². The third-order valence-corrected chi connectivity index (χ3v) is 4.93. The topological polar surface area (TPSA) is 88.8 Å². The lowest BCUT2D eigenvalue weighted by Gasteiger charge is -2.34. The number of ether oxygens (including phenoxy) is 1. The van der Waals surface area contributed by atoms with Crippen LogP contribution in [0.1, 0.15) is 37.5 Å². The van der Waals surface area contributed by atoms with Crippen LogP contribution in [0, 0.1) is 5.82 Å². The molecule has 0 bridgehead atoms. The molecule has 3 rings (SSSR count). The van der Waals surface area contributed by atoms with E-state index in [0.717, 1.165) is 0 Å². The van der Waals surface area contributed by atoms with Gasteiger partial charge in [0.1, 0.15) is 18.1 Å². The zero-order chi connectivity index (χ0) is 21.7. The molecule has 0 saturated carbocycles. The van der Waals surface area contributed by atoms with Gasteiger partial charge in [-0.2, -0.15) is 0 Å². The monoisotopic (exact) mass is 414 g/mol. The molecule has 1 aromatic carbocycles. The second kappa shape index (κ2) is 9.39. The highest BCUT2D eigenvalue weighted by Crippen LogP contribution is 2.37. The molecule has 7 nitrogen and oxygen atoms in total. The lowest BCUT2D eigenvalue weighted by Crippen LogP contribution is -2.44. The van der Waals surface area contributed by atoms with E-state index < -0.39 is 17.7 Å². The van der Waals surface area contributed by atoms with Gasteiger partial charge in [0, 0.05) is 18.0 Å². The first kappa shape index (κ1) is 21.3. The van der Waals surface area contributed by atoms with Crippen molar-refractivity contribution in [1.82, 2.24) is 10.2 Å². The highest BCUT2D eigenvalue weighted by Gasteiger charge is 2.37. The van der Waals surface area contributed by atoms with E-state index in [1.165, 1.54) is 23.3 Å². The molecule has 1 N–H and O–H groups in total. The smallest absolute Gasteiger partial charge is 0.336 e. The molecule has 2 heterocycles. The van der Waals surface area contributed by atoms with Crippen molar-refractivity contribution in [3.8, 4) is 0 Å². The Morgan fingerprint density at radius 1 is 1.27 bits per heavy atom. The first-order chi connectivity index (χ1) is 14.4. The number of halogens is 1. The Morgan fingerprint density at radius 3 is 2.63 bits per heavy atom. The lowest BCUT2D eigenvalue weighted by molar-refractivity contribution is -0.141. The number of amides is 2. The summed E-state index contributed by atoms with van der Waals surface area (Å²) in [7, 11) is 0. The summed E-state index contributed by atoms with van der Waals surface area (Å²) in [5.41, 5.74) is 1.28. The number of benzene rings is 1. The SMILES string of the molecule is CCOC(=O)C1=C(C)N(CC(=O)NCc2ccco2)C(=O)C[C@@H]1c1ccc(F)cc1. The maximum Gasteiger partial charge on any atom is 0.336 e. The van der Waals surface area contributed by atoms with Crippen LogP contribution in [0.5, 0.6) is 0 Å². The number of allylic oxidation sites excluding steroid dienone is 1. The van der Waals surface area contributed by atoms with Gasteiger partial charge in [0.05, 0.1) is 25.0 Å². The van der Waals surface area contributed by atoms with Crippen molar-refractivity contribution in [2.24, 2.45) is 0 Å². The van der Waals surface area contributed by atoms with Gasteiger partial charge in [0.25, 0.3) is 0 Å². The minimum atomic E-state index is -0.570. The first-order valence-corrected chi connectivity index (χ1v) is 9.63. The molecule has 1 aromatic heterocycles. The predicted molar refractivity (Wildman–Crippen MR) is 105 cm³/mol. The van der Waals surface area contributed by atoms with Crippen LogP contribution in [0.25, 0.3) is 0 Å². The van der Waals surface area contributed by atoms with Gasteiger partial charge < -0.3 is 19.4 Å². The molecule has 1 aliphatic heterocycles. The van der Waals surface area contributed by atoms with Crippen molar-refractivity contribution in [3.05, 3.63) is 71.1 Å². The van der Waals surface area contributed by atoms with E-state index in [-0.39, 0.29) is 37.9 Å². The molecule has 158 valence electrons. The van der Waals surface area contributed by atoms with E-state index in [2.05, 4.69) is 5.32 Å². The second-order valence-electron chi connectivity index (χ2n) is 6.86. The van der Waals surface area contributed by atoms with E-state index in [4.69, 9.17) is 9.15 Å². The average Bonchev–Trinajstić information content (AvgIpc) is 3.23. The molecule has 30 heavy (non-hydrogen) atoms. The summed E-state index contributed by atoms with van der Waals surface area (Å²) in [4.78, 5) is 39.1. The molecule has 1 atom stereocenters. The van der Waals surface area contributed by atoms with Crippen molar-refractivity contribution in [2.45, 2.75) is 32.7 Å². The van der Waals surface area contributed by atoms with Crippen molar-refractivity contribution in [3.63, 3.8) is 0 Å². The first-order valence-electron chi connectivity index (χ1n) is 9.63. The Kier molecular flexibility index (Phi) is 6.66. The molecular formula is C22H23FN2O5. The number of nitrogens with zero attached hydrogens (tertiary/aromatic N) is 1. The van der Waals surface area contributed by atoms with Crippen molar-refractivity contribution in [2.75, 3.05) is 13.2 Å². The summed E-state index contributed by atoms with van der Waals surface area (Å²) in [6.45, 7) is 3.43. The van der Waals surface area contributed by atoms with Crippen LogP contribution in [0.4, 0.5) is 4.39 Å². The van der Waals surface area contributed by atoms with Crippen LogP contribution >= 0.6 is 0 Å². The van der Waals surface area contributed by atoms with Crippen molar-refractivity contribution >= 4 is 17.8 Å². The Bertz CT molecular complexity index is 950. The summed E-state index contributed by atoms with van der Waals surface area (Å²) in [5.74, 6) is -1.64. The number of carbonyl (C=O) groups is 3. The second-order valence-corrected chi connectivity index (χ2v) is 6.86. The molecule has 0 spiro atoms. The summed E-state index contributed by atoms with van der Waals surface area (Å²) in [5, 5.41) is 2.68. The highest BCUT2D eigenvalue weighted by atomic mass is 19.1. The number of esters is 1. The van der Waals surface area contributed by atoms with Gasteiger partial charge in [0.15, 0.2) is 0 Å². The molecular weight excluding hydrogens is 391 g/mol. The van der Waals surface area contributed by atoms with Crippen LogP contribution in [0.15, 0.2) is 58.3 Å². The highest BCUT2D eigenvalue weighted by molar-refractivity contribution is 5.97. The summed E-state index contributed by atoms with van der Waals surface area (Å²) in [6.07, 6.45) is 1.48.